The molecule has 6 aromatic rings. The van der Waals surface area contributed by atoms with Crippen molar-refractivity contribution >= 4 is 50.5 Å². The van der Waals surface area contributed by atoms with E-state index >= 15 is 0 Å². The fraction of sp³-hybridized carbons (Fsp3) is 0.100. The highest BCUT2D eigenvalue weighted by molar-refractivity contribution is 7.80. The van der Waals surface area contributed by atoms with Gasteiger partial charge in [0, 0.05) is 10.5 Å². The second-order valence-corrected chi connectivity index (χ2v) is 11.3. The summed E-state index contributed by atoms with van der Waals surface area (Å²) in [6, 6.07) is 30.5. The maximum Gasteiger partial charge on any atom is 0.123 e. The summed E-state index contributed by atoms with van der Waals surface area (Å²) < 4.78 is 0. The molecule has 0 aromatic heterocycles. The summed E-state index contributed by atoms with van der Waals surface area (Å²) in [5.41, 5.74) is 9.68. The van der Waals surface area contributed by atoms with Gasteiger partial charge in [0.25, 0.3) is 0 Å². The van der Waals surface area contributed by atoms with E-state index in [9.17, 15) is 5.11 Å². The summed E-state index contributed by atoms with van der Waals surface area (Å²) in [5, 5.41) is 18.2. The highest BCUT2D eigenvalue weighted by atomic mass is 32.1. The number of allylic oxidation sites excluding steroid dienone is 5. The molecule has 0 saturated carbocycles. The predicted molar refractivity (Wildman–Crippen MR) is 186 cm³/mol. The lowest BCUT2D eigenvalue weighted by Crippen LogP contribution is -1.98. The van der Waals surface area contributed by atoms with Gasteiger partial charge < -0.3 is 5.11 Å². The van der Waals surface area contributed by atoms with Gasteiger partial charge in [-0.2, -0.15) is 0 Å². The molecule has 1 nitrogen and oxygen atoms in total. The molecule has 0 bridgehead atoms. The van der Waals surface area contributed by atoms with Crippen LogP contribution in [0.25, 0.3) is 60.1 Å². The maximum atomic E-state index is 11.1. The Morgan fingerprint density at radius 2 is 1.17 bits per heavy atom. The number of benzene rings is 6. The Morgan fingerprint density at radius 1 is 0.643 bits per heavy atom. The number of fused-ring (bicyclic) bond motifs is 3. The van der Waals surface area contributed by atoms with Gasteiger partial charge in [-0.15, -0.1) is 12.6 Å². The zero-order valence-corrected chi connectivity index (χ0v) is 25.4. The first-order chi connectivity index (χ1) is 20.4. The van der Waals surface area contributed by atoms with Crippen LogP contribution < -0.4 is 0 Å². The minimum Gasteiger partial charge on any atom is -0.507 e. The quantitative estimate of drug-likeness (QED) is 0.122. The van der Waals surface area contributed by atoms with Crippen LogP contribution in [0.15, 0.2) is 121 Å². The Balaban J connectivity index is 1.79. The Labute approximate surface area is 253 Å². The maximum absolute atomic E-state index is 11.1. The summed E-state index contributed by atoms with van der Waals surface area (Å²) in [6.45, 7) is 12.1. The molecule has 0 atom stereocenters. The van der Waals surface area contributed by atoms with Crippen LogP contribution in [-0.2, 0) is 0 Å². The molecule has 0 aliphatic carbocycles. The molecule has 0 fully saturated rings. The first-order valence-corrected chi connectivity index (χ1v) is 14.8. The molecule has 206 valence electrons. The first kappa shape index (κ1) is 27.6. The van der Waals surface area contributed by atoms with E-state index in [1.807, 2.05) is 26.8 Å². The van der Waals surface area contributed by atoms with Gasteiger partial charge >= 0.3 is 0 Å². The number of rotatable bonds is 5. The van der Waals surface area contributed by atoms with Crippen molar-refractivity contribution in [2.24, 2.45) is 0 Å². The van der Waals surface area contributed by atoms with E-state index < -0.39 is 0 Å². The van der Waals surface area contributed by atoms with Gasteiger partial charge in [-0.1, -0.05) is 116 Å². The van der Waals surface area contributed by atoms with Crippen LogP contribution in [0.1, 0.15) is 29.2 Å². The molecular formula is C40H34OS. The third kappa shape index (κ3) is 4.26. The minimum absolute atomic E-state index is 0.309. The molecule has 0 heterocycles. The van der Waals surface area contributed by atoms with Crippen LogP contribution in [0.2, 0.25) is 0 Å². The Bertz CT molecular complexity index is 2020. The van der Waals surface area contributed by atoms with Gasteiger partial charge in [0.2, 0.25) is 0 Å². The van der Waals surface area contributed by atoms with Gasteiger partial charge in [-0.3, -0.25) is 0 Å². The number of aromatic hydroxyl groups is 1. The molecule has 42 heavy (non-hydrogen) atoms. The summed E-state index contributed by atoms with van der Waals surface area (Å²) in [7, 11) is 0. The van der Waals surface area contributed by atoms with Crippen LogP contribution in [0.5, 0.6) is 5.75 Å². The molecular weight excluding hydrogens is 529 g/mol. The third-order valence-electron chi connectivity index (χ3n) is 8.50. The van der Waals surface area contributed by atoms with Crippen molar-refractivity contribution in [1.82, 2.24) is 0 Å². The van der Waals surface area contributed by atoms with Crippen LogP contribution in [0.4, 0.5) is 0 Å². The Hall–Kier alpha value is -4.53. The topological polar surface area (TPSA) is 20.2 Å². The van der Waals surface area contributed by atoms with Gasteiger partial charge in [0.15, 0.2) is 0 Å². The molecule has 0 saturated heterocycles. The molecule has 1 N–H and O–H groups in total. The standard InChI is InChI=1S/C40H34OS/c1-6-14-27(15-7-2)28-22-23-35(30-17-9-8-16-29(28)30)37-31-18-10-12-20-33(31)38(34-21-13-11-19-32(34)37)36-24(3)39(41)26(5)40(42)25(36)4/h6-23,41-42H,1H2,2-5H3/b15-7-,27-14+. The van der Waals surface area contributed by atoms with Crippen molar-refractivity contribution in [2.45, 2.75) is 32.6 Å². The third-order valence-corrected chi connectivity index (χ3v) is 9.17. The average Bonchev–Trinajstić information content (AvgIpc) is 3.02. The van der Waals surface area contributed by atoms with Crippen molar-refractivity contribution in [1.29, 1.82) is 0 Å². The highest BCUT2D eigenvalue weighted by Gasteiger charge is 2.23. The van der Waals surface area contributed by atoms with E-state index in [1.54, 1.807) is 0 Å². The largest absolute Gasteiger partial charge is 0.507 e. The van der Waals surface area contributed by atoms with Crippen molar-refractivity contribution in [2.75, 3.05) is 0 Å². The lowest BCUT2D eigenvalue weighted by atomic mass is 9.81. The molecule has 0 radical (unpaired) electrons. The zero-order valence-electron chi connectivity index (χ0n) is 24.5. The zero-order chi connectivity index (χ0) is 29.5. The average molecular weight is 563 g/mol. The van der Waals surface area contributed by atoms with E-state index in [-0.39, 0.29) is 0 Å². The van der Waals surface area contributed by atoms with Crippen molar-refractivity contribution in [3.8, 4) is 28.0 Å². The minimum atomic E-state index is 0.309. The van der Waals surface area contributed by atoms with E-state index in [0.717, 1.165) is 49.1 Å². The SMILES string of the molecule is C=C/C=C(\C=C/C)c1ccc(-c2c3ccccc3c(-c3c(C)c(O)c(C)c(S)c3C)c3ccccc23)c2ccccc12. The summed E-state index contributed by atoms with van der Waals surface area (Å²) >= 11 is 4.84. The molecule has 0 aliphatic rings. The molecule has 0 amide bonds. The van der Waals surface area contributed by atoms with Crippen LogP contribution >= 0.6 is 12.6 Å². The molecule has 6 rings (SSSR count). The molecule has 6 aromatic carbocycles. The predicted octanol–water partition coefficient (Wildman–Crippen LogP) is 11.5. The van der Waals surface area contributed by atoms with Gasteiger partial charge in [-0.25, -0.2) is 0 Å². The number of phenols is 1. The van der Waals surface area contributed by atoms with Crippen LogP contribution in [0.3, 0.4) is 0 Å². The second kappa shape index (κ2) is 11.0. The molecule has 0 spiro atoms. The lowest BCUT2D eigenvalue weighted by molar-refractivity contribution is 0.465. The van der Waals surface area contributed by atoms with E-state index in [4.69, 9.17) is 12.6 Å². The molecule has 0 unspecified atom stereocenters. The summed E-state index contributed by atoms with van der Waals surface area (Å²) in [4.78, 5) is 0.830. The number of phenolic OH excluding ortho intramolecular Hbond substituents is 1. The fourth-order valence-corrected chi connectivity index (χ4v) is 6.78. The van der Waals surface area contributed by atoms with Gasteiger partial charge in [0.05, 0.1) is 0 Å². The Kier molecular flexibility index (Phi) is 7.26. The van der Waals surface area contributed by atoms with Gasteiger partial charge in [-0.05, 0) is 105 Å². The number of thiol groups is 1. The highest BCUT2D eigenvalue weighted by Crippen LogP contribution is 2.49. The number of hydrogen-bond donors (Lipinski definition) is 2. The second-order valence-electron chi connectivity index (χ2n) is 10.9. The summed E-state index contributed by atoms with van der Waals surface area (Å²) in [6.07, 6.45) is 8.13. The fourth-order valence-electron chi connectivity index (χ4n) is 6.57. The monoisotopic (exact) mass is 562 g/mol. The first-order valence-electron chi connectivity index (χ1n) is 14.3. The van der Waals surface area contributed by atoms with Gasteiger partial charge in [0.1, 0.15) is 5.75 Å². The Morgan fingerprint density at radius 3 is 1.71 bits per heavy atom. The molecule has 2 heteroatoms. The van der Waals surface area contributed by atoms with E-state index in [0.29, 0.717) is 5.75 Å². The van der Waals surface area contributed by atoms with Crippen molar-refractivity contribution in [3.63, 3.8) is 0 Å². The normalized spacial score (nSPS) is 12.2. The van der Waals surface area contributed by atoms with Crippen molar-refractivity contribution in [3.05, 3.63) is 138 Å². The van der Waals surface area contributed by atoms with E-state index in [2.05, 4.69) is 117 Å². The summed E-state index contributed by atoms with van der Waals surface area (Å²) in [5.74, 6) is 0.309. The van der Waals surface area contributed by atoms with E-state index in [1.165, 1.54) is 38.2 Å². The van der Waals surface area contributed by atoms with Crippen LogP contribution in [-0.4, -0.2) is 5.11 Å². The smallest absolute Gasteiger partial charge is 0.123 e. The molecule has 0 aliphatic heterocycles. The van der Waals surface area contributed by atoms with Crippen LogP contribution in [0, 0.1) is 20.8 Å². The lowest BCUT2D eigenvalue weighted by Gasteiger charge is -2.23. The van der Waals surface area contributed by atoms with Crippen molar-refractivity contribution < 1.29 is 5.11 Å². The number of hydrogen-bond acceptors (Lipinski definition) is 2.